The number of aliphatic hydroxyl groups excluding tert-OH is 1. The van der Waals surface area contributed by atoms with E-state index in [1.54, 1.807) is 6.07 Å². The van der Waals surface area contributed by atoms with Crippen LogP contribution in [0.5, 0.6) is 5.75 Å². The van der Waals surface area contributed by atoms with Crippen LogP contribution in [-0.2, 0) is 6.54 Å². The normalized spacial score (nSPS) is 16.1. The Morgan fingerprint density at radius 1 is 1.12 bits per heavy atom. The van der Waals surface area contributed by atoms with Crippen molar-refractivity contribution in [1.29, 1.82) is 0 Å². The van der Waals surface area contributed by atoms with Crippen LogP contribution in [0.15, 0.2) is 30.3 Å². The number of para-hydroxylation sites is 1. The number of aromatic nitrogens is 3. The molecule has 4 rings (SSSR count). The van der Waals surface area contributed by atoms with Crippen LogP contribution in [0.3, 0.4) is 0 Å². The summed E-state index contributed by atoms with van der Waals surface area (Å²) >= 11 is 0. The first kappa shape index (κ1) is 22.6. The average Bonchev–Trinajstić information content (AvgIpc) is 3.14. The van der Waals surface area contributed by atoms with E-state index in [2.05, 4.69) is 38.8 Å². The molecule has 172 valence electrons. The molecule has 1 aliphatic heterocycles. The molecule has 7 nitrogen and oxygen atoms in total. The summed E-state index contributed by atoms with van der Waals surface area (Å²) in [7, 11) is 0. The van der Waals surface area contributed by atoms with E-state index in [-0.39, 0.29) is 11.7 Å². The molecule has 1 aliphatic rings. The molecule has 3 heterocycles. The first-order valence-corrected chi connectivity index (χ1v) is 11.6. The van der Waals surface area contributed by atoms with Crippen LogP contribution in [0.25, 0.3) is 11.0 Å². The number of hydrogen-bond donors (Lipinski definition) is 3. The van der Waals surface area contributed by atoms with Crippen LogP contribution < -0.4 is 10.2 Å². The number of imidazole rings is 1. The highest BCUT2D eigenvalue weighted by atomic mass is 16.3. The molecule has 0 aliphatic carbocycles. The van der Waals surface area contributed by atoms with Crippen LogP contribution in [0.4, 0.5) is 5.95 Å². The molecule has 7 heteroatoms. The number of benzene rings is 1. The van der Waals surface area contributed by atoms with Crippen molar-refractivity contribution in [3.05, 3.63) is 47.3 Å². The lowest BCUT2D eigenvalue weighted by molar-refractivity contribution is 0.126. The molecule has 0 bridgehead atoms. The maximum atomic E-state index is 10.8. The Bertz CT molecular complexity index is 1070. The van der Waals surface area contributed by atoms with E-state index >= 15 is 0 Å². The van der Waals surface area contributed by atoms with Gasteiger partial charge in [0, 0.05) is 18.3 Å². The van der Waals surface area contributed by atoms with Crippen molar-refractivity contribution < 1.29 is 10.2 Å². The first-order valence-electron chi connectivity index (χ1n) is 11.6. The van der Waals surface area contributed by atoms with E-state index in [1.807, 2.05) is 32.9 Å². The molecular weight excluding hydrogens is 402 g/mol. The fraction of sp³-hybridized carbons (Fsp3) is 0.520. The molecule has 32 heavy (non-hydrogen) atoms. The Balaban J connectivity index is 1.85. The van der Waals surface area contributed by atoms with Gasteiger partial charge < -0.3 is 25.0 Å². The molecule has 3 N–H and O–H groups in total. The van der Waals surface area contributed by atoms with Gasteiger partial charge in [0.2, 0.25) is 5.95 Å². The largest absolute Gasteiger partial charge is 0.506 e. The lowest BCUT2D eigenvalue weighted by Crippen LogP contribution is -2.48. The third kappa shape index (κ3) is 4.59. The third-order valence-electron chi connectivity index (χ3n) is 6.52. The van der Waals surface area contributed by atoms with Gasteiger partial charge in [0.15, 0.2) is 0 Å². The maximum absolute atomic E-state index is 10.8. The second-order valence-electron chi connectivity index (χ2n) is 9.30. The van der Waals surface area contributed by atoms with Crippen molar-refractivity contribution >= 4 is 17.0 Å². The fourth-order valence-corrected chi connectivity index (χ4v) is 4.44. The van der Waals surface area contributed by atoms with E-state index in [4.69, 9.17) is 4.98 Å². The molecule has 1 saturated heterocycles. The number of piperidine rings is 1. The quantitative estimate of drug-likeness (QED) is 0.525. The van der Waals surface area contributed by atoms with Gasteiger partial charge in [-0.15, -0.1) is 0 Å². The summed E-state index contributed by atoms with van der Waals surface area (Å²) in [6.07, 6.45) is 1.55. The topological polar surface area (TPSA) is 86.4 Å². The predicted octanol–water partition coefficient (Wildman–Crippen LogP) is 3.38. The molecule has 3 aromatic rings. The number of hydrogen-bond acceptors (Lipinski definition) is 6. The summed E-state index contributed by atoms with van der Waals surface area (Å²) in [5.74, 6) is 1.18. The minimum absolute atomic E-state index is 0.154. The molecule has 1 atom stereocenters. The zero-order valence-corrected chi connectivity index (χ0v) is 19.5. The second kappa shape index (κ2) is 9.46. The second-order valence-corrected chi connectivity index (χ2v) is 9.30. The Labute approximate surface area is 190 Å². The molecule has 2 aromatic heterocycles. The van der Waals surface area contributed by atoms with E-state index in [0.717, 1.165) is 54.2 Å². The van der Waals surface area contributed by atoms with Gasteiger partial charge in [-0.1, -0.05) is 26.0 Å². The summed E-state index contributed by atoms with van der Waals surface area (Å²) in [5.41, 5.74) is 4.57. The standard InChI is InChI=1S/C25H35N5O2/c1-16(2)23(32)15-29(19-10-12-26-13-11-19)25-28-24-17(3)6-5-7-21(24)30(25)14-20-22(31)9-8-18(4)27-20/h5-9,16,19,23,26,31-32H,10-15H2,1-4H3. The Morgan fingerprint density at radius 3 is 2.59 bits per heavy atom. The predicted molar refractivity (Wildman–Crippen MR) is 128 cm³/mol. The number of nitrogens with zero attached hydrogens (tertiary/aromatic N) is 4. The van der Waals surface area contributed by atoms with Gasteiger partial charge in [-0.25, -0.2) is 4.98 Å². The number of nitrogens with one attached hydrogen (secondary N) is 1. The van der Waals surface area contributed by atoms with Gasteiger partial charge in [0.25, 0.3) is 0 Å². The summed E-state index contributed by atoms with van der Waals surface area (Å²) in [6.45, 7) is 11.0. The van der Waals surface area contributed by atoms with Gasteiger partial charge in [-0.2, -0.15) is 0 Å². The van der Waals surface area contributed by atoms with Crippen LogP contribution >= 0.6 is 0 Å². The van der Waals surface area contributed by atoms with Gasteiger partial charge >= 0.3 is 0 Å². The molecule has 0 radical (unpaired) electrons. The summed E-state index contributed by atoms with van der Waals surface area (Å²) in [5, 5.41) is 24.8. The number of aliphatic hydroxyl groups is 1. The summed E-state index contributed by atoms with van der Waals surface area (Å²) in [4.78, 5) is 12.0. The van der Waals surface area contributed by atoms with Gasteiger partial charge in [-0.05, 0) is 69.5 Å². The van der Waals surface area contributed by atoms with Gasteiger partial charge in [0.1, 0.15) is 11.4 Å². The molecule has 0 amide bonds. The van der Waals surface area contributed by atoms with E-state index in [1.165, 1.54) is 0 Å². The minimum Gasteiger partial charge on any atom is -0.506 e. The molecule has 1 fully saturated rings. The third-order valence-corrected chi connectivity index (χ3v) is 6.52. The number of fused-ring (bicyclic) bond motifs is 1. The van der Waals surface area contributed by atoms with Crippen LogP contribution in [-0.4, -0.2) is 56.5 Å². The highest BCUT2D eigenvalue weighted by Crippen LogP contribution is 2.31. The smallest absolute Gasteiger partial charge is 0.207 e. The lowest BCUT2D eigenvalue weighted by atomic mass is 10.0. The van der Waals surface area contributed by atoms with Gasteiger partial charge in [-0.3, -0.25) is 4.98 Å². The number of pyridine rings is 1. The van der Waals surface area contributed by atoms with Crippen molar-refractivity contribution in [1.82, 2.24) is 19.9 Å². The zero-order valence-electron chi connectivity index (χ0n) is 19.5. The monoisotopic (exact) mass is 437 g/mol. The van der Waals surface area contributed by atoms with E-state index in [0.29, 0.717) is 24.8 Å². The highest BCUT2D eigenvalue weighted by molar-refractivity contribution is 5.82. The molecule has 1 unspecified atom stereocenters. The van der Waals surface area contributed by atoms with Crippen molar-refractivity contribution in [2.24, 2.45) is 5.92 Å². The van der Waals surface area contributed by atoms with Crippen LogP contribution in [0.2, 0.25) is 0 Å². The van der Waals surface area contributed by atoms with Gasteiger partial charge in [0.05, 0.1) is 23.7 Å². The molecular formula is C25H35N5O2. The number of rotatable bonds is 7. The van der Waals surface area contributed by atoms with Crippen LogP contribution in [0, 0.1) is 19.8 Å². The number of anilines is 1. The average molecular weight is 438 g/mol. The van der Waals surface area contributed by atoms with Crippen molar-refractivity contribution in [2.75, 3.05) is 24.5 Å². The first-order chi connectivity index (χ1) is 15.3. The van der Waals surface area contributed by atoms with E-state index < -0.39 is 6.10 Å². The Morgan fingerprint density at radius 2 is 1.88 bits per heavy atom. The summed E-state index contributed by atoms with van der Waals surface area (Å²) in [6, 6.07) is 10.0. The Kier molecular flexibility index (Phi) is 6.67. The van der Waals surface area contributed by atoms with Crippen molar-refractivity contribution in [3.63, 3.8) is 0 Å². The highest BCUT2D eigenvalue weighted by Gasteiger charge is 2.29. The SMILES string of the molecule is Cc1ccc(O)c(Cn2c(N(CC(O)C(C)C)C3CCNCC3)nc3c(C)cccc32)n1. The molecule has 1 aromatic carbocycles. The molecule has 0 spiro atoms. The van der Waals surface area contributed by atoms with E-state index in [9.17, 15) is 10.2 Å². The zero-order chi connectivity index (χ0) is 22.8. The maximum Gasteiger partial charge on any atom is 0.207 e. The fourth-order valence-electron chi connectivity index (χ4n) is 4.44. The minimum atomic E-state index is -0.454. The molecule has 0 saturated carbocycles. The van der Waals surface area contributed by atoms with Crippen LogP contribution in [0.1, 0.15) is 43.6 Å². The number of aromatic hydroxyl groups is 1. The number of aryl methyl sites for hydroxylation is 2. The summed E-state index contributed by atoms with van der Waals surface area (Å²) < 4.78 is 2.15. The van der Waals surface area contributed by atoms with Crippen molar-refractivity contribution in [3.8, 4) is 5.75 Å². The Hall–Kier alpha value is -2.64. The lowest BCUT2D eigenvalue weighted by Gasteiger charge is -2.37. The van der Waals surface area contributed by atoms with Crippen molar-refractivity contribution in [2.45, 2.75) is 59.2 Å².